The van der Waals surface area contributed by atoms with Crippen molar-refractivity contribution in [3.05, 3.63) is 93.6 Å². The summed E-state index contributed by atoms with van der Waals surface area (Å²) in [5.74, 6) is -0.744. The molecule has 0 bridgehead atoms. The zero-order valence-corrected chi connectivity index (χ0v) is 18.4. The number of carbonyl (C=O) groups excluding carboxylic acids is 1. The van der Waals surface area contributed by atoms with Crippen molar-refractivity contribution in [3.8, 4) is 16.8 Å². The molecule has 0 aliphatic rings. The number of fused-ring (bicyclic) bond motifs is 1. The molecular formula is C23H17FN6O2S. The van der Waals surface area contributed by atoms with Gasteiger partial charge in [-0.3, -0.25) is 15.0 Å². The Morgan fingerprint density at radius 2 is 1.79 bits per heavy atom. The van der Waals surface area contributed by atoms with Crippen LogP contribution in [0.25, 0.3) is 27.0 Å². The first-order valence-corrected chi connectivity index (χ1v) is 10.8. The van der Waals surface area contributed by atoms with E-state index in [2.05, 4.69) is 20.5 Å². The highest BCUT2D eigenvalue weighted by atomic mass is 32.1. The molecule has 0 atom stereocenters. The number of aryl methyl sites for hydroxylation is 2. The molecule has 1 N–H and O–H groups in total. The summed E-state index contributed by atoms with van der Waals surface area (Å²) in [5, 5.41) is 4.64. The van der Waals surface area contributed by atoms with Crippen LogP contribution in [0.4, 0.5) is 4.39 Å². The number of thiophene rings is 1. The average Bonchev–Trinajstić information content (AvgIpc) is 3.37. The number of halogens is 1. The Balaban J connectivity index is 1.51. The predicted octanol–water partition coefficient (Wildman–Crippen LogP) is 3.85. The molecule has 0 saturated heterocycles. The Morgan fingerprint density at radius 3 is 2.52 bits per heavy atom. The van der Waals surface area contributed by atoms with E-state index in [-0.39, 0.29) is 11.6 Å². The first-order valence-electron chi connectivity index (χ1n) is 9.99. The normalized spacial score (nSPS) is 11.1. The first-order chi connectivity index (χ1) is 15.9. The fourth-order valence-electron chi connectivity index (χ4n) is 3.61. The molecule has 0 fully saturated rings. The quantitative estimate of drug-likeness (QED) is 0.440. The van der Waals surface area contributed by atoms with Crippen molar-refractivity contribution in [3.63, 3.8) is 0 Å². The van der Waals surface area contributed by atoms with E-state index in [0.717, 1.165) is 20.7 Å². The van der Waals surface area contributed by atoms with Crippen molar-refractivity contribution in [2.24, 2.45) is 0 Å². The van der Waals surface area contributed by atoms with Crippen molar-refractivity contribution in [2.45, 2.75) is 13.8 Å². The van der Waals surface area contributed by atoms with Gasteiger partial charge in [0.1, 0.15) is 22.8 Å². The molecule has 10 heteroatoms. The maximum atomic E-state index is 13.3. The zero-order valence-electron chi connectivity index (χ0n) is 17.6. The topological polar surface area (TPSA) is 94.7 Å². The summed E-state index contributed by atoms with van der Waals surface area (Å²) in [6.45, 7) is 3.61. The van der Waals surface area contributed by atoms with Crippen LogP contribution in [-0.4, -0.2) is 30.3 Å². The summed E-state index contributed by atoms with van der Waals surface area (Å²) >= 11 is 1.42. The number of aromatic nitrogens is 5. The van der Waals surface area contributed by atoms with Gasteiger partial charge in [-0.05, 0) is 43.7 Å². The van der Waals surface area contributed by atoms with E-state index in [1.807, 2.05) is 37.3 Å². The van der Waals surface area contributed by atoms with Crippen molar-refractivity contribution < 1.29 is 9.18 Å². The van der Waals surface area contributed by atoms with Crippen LogP contribution >= 0.6 is 11.3 Å². The number of carbonyl (C=O) groups is 1. The second-order valence-corrected chi connectivity index (χ2v) is 8.51. The minimum atomic E-state index is -0.671. The fraction of sp³-hybridized carbons (Fsp3) is 0.0870. The van der Waals surface area contributed by atoms with Crippen LogP contribution in [0, 0.1) is 19.7 Å². The van der Waals surface area contributed by atoms with Gasteiger partial charge in [-0.2, -0.15) is 0 Å². The van der Waals surface area contributed by atoms with E-state index in [4.69, 9.17) is 0 Å². The summed E-state index contributed by atoms with van der Waals surface area (Å²) in [6, 6.07) is 15.2. The van der Waals surface area contributed by atoms with Crippen LogP contribution in [0.15, 0.2) is 65.7 Å². The van der Waals surface area contributed by atoms with Crippen molar-refractivity contribution in [1.29, 1.82) is 0 Å². The van der Waals surface area contributed by atoms with Gasteiger partial charge in [0.15, 0.2) is 0 Å². The third-order valence-corrected chi connectivity index (χ3v) is 6.13. The standard InChI is InChI=1S/C23H17FN6O2S/c1-13-18(15-6-4-3-5-7-15)19-22(33-13)25-12-29(23(19)32)28-21(31)20-26-14(2)30(27-20)17-10-8-16(24)9-11-17/h3-12H,1-2H3,(H,28,31). The second kappa shape index (κ2) is 8.06. The van der Waals surface area contributed by atoms with Gasteiger partial charge in [-0.15, -0.1) is 16.4 Å². The molecular weight excluding hydrogens is 443 g/mol. The molecule has 164 valence electrons. The van der Waals surface area contributed by atoms with Crippen LogP contribution in [-0.2, 0) is 0 Å². The lowest BCUT2D eigenvalue weighted by Gasteiger charge is -2.07. The lowest BCUT2D eigenvalue weighted by Crippen LogP contribution is -2.33. The molecule has 5 aromatic rings. The highest BCUT2D eigenvalue weighted by Crippen LogP contribution is 2.35. The number of benzene rings is 2. The maximum absolute atomic E-state index is 13.3. The number of nitrogens with zero attached hydrogens (tertiary/aromatic N) is 5. The molecule has 0 aliphatic heterocycles. The van der Waals surface area contributed by atoms with Crippen LogP contribution in [0.3, 0.4) is 0 Å². The van der Waals surface area contributed by atoms with E-state index < -0.39 is 11.5 Å². The lowest BCUT2D eigenvalue weighted by atomic mass is 10.0. The number of nitrogens with one attached hydrogen (secondary N) is 1. The molecule has 8 nitrogen and oxygen atoms in total. The Bertz CT molecular complexity index is 1550. The summed E-state index contributed by atoms with van der Waals surface area (Å²) in [7, 11) is 0. The Labute approximate surface area is 191 Å². The second-order valence-electron chi connectivity index (χ2n) is 7.31. The minimum absolute atomic E-state index is 0.131. The van der Waals surface area contributed by atoms with E-state index in [1.165, 1.54) is 46.6 Å². The predicted molar refractivity (Wildman–Crippen MR) is 124 cm³/mol. The number of rotatable bonds is 4. The van der Waals surface area contributed by atoms with Crippen LogP contribution in [0.1, 0.15) is 21.3 Å². The maximum Gasteiger partial charge on any atom is 0.309 e. The molecule has 1 amide bonds. The summed E-state index contributed by atoms with van der Waals surface area (Å²) in [4.78, 5) is 36.2. The Morgan fingerprint density at radius 1 is 1.06 bits per heavy atom. The molecule has 0 spiro atoms. The van der Waals surface area contributed by atoms with Crippen molar-refractivity contribution in [2.75, 3.05) is 5.43 Å². The molecule has 2 aromatic carbocycles. The van der Waals surface area contributed by atoms with E-state index in [1.54, 1.807) is 6.92 Å². The smallest absolute Gasteiger partial charge is 0.267 e. The van der Waals surface area contributed by atoms with Gasteiger partial charge in [0.05, 0.1) is 11.1 Å². The third kappa shape index (κ3) is 3.70. The molecule has 0 unspecified atom stereocenters. The molecule has 3 heterocycles. The summed E-state index contributed by atoms with van der Waals surface area (Å²) in [5.41, 5.74) is 4.38. The summed E-state index contributed by atoms with van der Waals surface area (Å²) in [6.07, 6.45) is 1.27. The van der Waals surface area contributed by atoms with E-state index in [9.17, 15) is 14.0 Å². The molecule has 5 rings (SSSR count). The van der Waals surface area contributed by atoms with Crippen molar-refractivity contribution >= 4 is 27.5 Å². The third-order valence-electron chi connectivity index (χ3n) is 5.12. The lowest BCUT2D eigenvalue weighted by molar-refractivity contribution is 0.0997. The Kier molecular flexibility index (Phi) is 5.06. The molecule has 33 heavy (non-hydrogen) atoms. The van der Waals surface area contributed by atoms with Gasteiger partial charge in [-0.25, -0.2) is 23.7 Å². The number of hydrogen-bond donors (Lipinski definition) is 1. The molecule has 3 aromatic heterocycles. The SMILES string of the molecule is Cc1sc2ncn(NC(=O)c3nc(C)n(-c4ccc(F)cc4)n3)c(=O)c2c1-c1ccccc1. The average molecular weight is 460 g/mol. The van der Waals surface area contributed by atoms with Crippen LogP contribution in [0.5, 0.6) is 0 Å². The van der Waals surface area contributed by atoms with Gasteiger partial charge in [-0.1, -0.05) is 30.3 Å². The van der Waals surface area contributed by atoms with Gasteiger partial charge >= 0.3 is 5.91 Å². The van der Waals surface area contributed by atoms with Gasteiger partial charge < -0.3 is 0 Å². The molecule has 0 aliphatic carbocycles. The molecule has 0 saturated carbocycles. The van der Waals surface area contributed by atoms with E-state index in [0.29, 0.717) is 21.7 Å². The fourth-order valence-corrected chi connectivity index (χ4v) is 4.61. The summed E-state index contributed by atoms with van der Waals surface area (Å²) < 4.78 is 15.7. The highest BCUT2D eigenvalue weighted by Gasteiger charge is 2.20. The largest absolute Gasteiger partial charge is 0.309 e. The number of hydrogen-bond acceptors (Lipinski definition) is 6. The first kappa shape index (κ1) is 20.7. The monoisotopic (exact) mass is 460 g/mol. The minimum Gasteiger partial charge on any atom is -0.267 e. The van der Waals surface area contributed by atoms with Crippen LogP contribution < -0.4 is 11.0 Å². The molecule has 0 radical (unpaired) electrons. The van der Waals surface area contributed by atoms with E-state index >= 15 is 0 Å². The highest BCUT2D eigenvalue weighted by molar-refractivity contribution is 7.19. The van der Waals surface area contributed by atoms with Gasteiger partial charge in [0, 0.05) is 10.4 Å². The zero-order chi connectivity index (χ0) is 23.1. The van der Waals surface area contributed by atoms with Gasteiger partial charge in [0.2, 0.25) is 5.82 Å². The Hall–Kier alpha value is -4.18. The van der Waals surface area contributed by atoms with Crippen LogP contribution in [0.2, 0.25) is 0 Å². The number of amides is 1. The van der Waals surface area contributed by atoms with Gasteiger partial charge in [0.25, 0.3) is 5.56 Å². The van der Waals surface area contributed by atoms with Crippen molar-refractivity contribution in [1.82, 2.24) is 24.4 Å².